The lowest BCUT2D eigenvalue weighted by atomic mass is 9.49. The number of esters is 1. The molecular weight excluding hydrogens is 446 g/mol. The second-order valence-electron chi connectivity index (χ2n) is 8.77. The maximum absolute atomic E-state index is 13.1. The summed E-state index contributed by atoms with van der Waals surface area (Å²) in [4.78, 5) is 25.7. The van der Waals surface area contributed by atoms with Gasteiger partial charge in [0.15, 0.2) is 6.10 Å². The first-order valence-electron chi connectivity index (χ1n) is 9.76. The van der Waals surface area contributed by atoms with Gasteiger partial charge in [0.2, 0.25) is 0 Å². The molecule has 4 bridgehead atoms. The van der Waals surface area contributed by atoms with Gasteiger partial charge >= 0.3 is 5.97 Å². The van der Waals surface area contributed by atoms with Crippen LogP contribution in [0.4, 0.5) is 5.69 Å². The van der Waals surface area contributed by atoms with Gasteiger partial charge in [-0.15, -0.1) is 0 Å². The Labute approximate surface area is 178 Å². The van der Waals surface area contributed by atoms with Crippen molar-refractivity contribution < 1.29 is 19.1 Å². The number of nitrogens with one attached hydrogen (secondary N) is 1. The van der Waals surface area contributed by atoms with E-state index >= 15 is 0 Å². The van der Waals surface area contributed by atoms with Crippen molar-refractivity contribution in [3.63, 3.8) is 0 Å². The fourth-order valence-electron chi connectivity index (χ4n) is 5.74. The van der Waals surface area contributed by atoms with Crippen LogP contribution in [-0.2, 0) is 14.3 Å². The van der Waals surface area contributed by atoms with Crippen molar-refractivity contribution in [3.05, 3.63) is 23.2 Å². The molecule has 1 aromatic carbocycles. The Balaban J connectivity index is 1.44. The lowest BCUT2D eigenvalue weighted by molar-refractivity contribution is -0.175. The molecule has 0 spiro atoms. The van der Waals surface area contributed by atoms with Gasteiger partial charge in [0, 0.05) is 9.35 Å². The zero-order valence-electron chi connectivity index (χ0n) is 16.1. The van der Waals surface area contributed by atoms with Crippen molar-refractivity contribution in [1.29, 1.82) is 0 Å². The third-order valence-electron chi connectivity index (χ3n) is 6.50. The standard InChI is InChI=1S/C21H25BrClNO4/c1-12(18(25)24-16-6-15(23)3-4-17(16)27-2)28-19(26)20-7-13-5-14(8-20)10-21(22,9-13)11-20/h3-4,6,12-14H,5,7-11H2,1-2H3,(H,24,25)/t12-,13+,14+,20?,21?/m0/s1. The predicted molar refractivity (Wildman–Crippen MR) is 111 cm³/mol. The average Bonchev–Trinajstić information content (AvgIpc) is 2.59. The second-order valence-corrected chi connectivity index (χ2v) is 10.9. The number of carbonyl (C=O) groups is 2. The Morgan fingerprint density at radius 3 is 2.54 bits per heavy atom. The van der Waals surface area contributed by atoms with Gasteiger partial charge in [0.05, 0.1) is 18.2 Å². The Kier molecular flexibility index (Phi) is 5.15. The lowest BCUT2D eigenvalue weighted by Crippen LogP contribution is -2.56. The molecule has 0 saturated heterocycles. The van der Waals surface area contributed by atoms with Crippen LogP contribution in [0.3, 0.4) is 0 Å². The number of halogens is 2. The molecule has 0 aromatic heterocycles. The molecule has 3 atom stereocenters. The highest BCUT2D eigenvalue weighted by Gasteiger charge is 2.60. The molecule has 7 heteroatoms. The Hall–Kier alpha value is -1.27. The fourth-order valence-corrected chi connectivity index (χ4v) is 7.37. The number of hydrogen-bond donors (Lipinski definition) is 1. The molecule has 1 aromatic rings. The van der Waals surface area contributed by atoms with E-state index < -0.39 is 17.4 Å². The highest BCUT2D eigenvalue weighted by molar-refractivity contribution is 9.10. The smallest absolute Gasteiger partial charge is 0.312 e. The summed E-state index contributed by atoms with van der Waals surface area (Å²) in [6.45, 7) is 1.61. The van der Waals surface area contributed by atoms with E-state index in [2.05, 4.69) is 21.2 Å². The Bertz CT molecular complexity index is 800. The molecule has 4 saturated carbocycles. The molecule has 1 N–H and O–H groups in total. The van der Waals surface area contributed by atoms with Crippen molar-refractivity contribution in [1.82, 2.24) is 0 Å². The van der Waals surface area contributed by atoms with Crippen molar-refractivity contribution in [2.45, 2.75) is 55.9 Å². The van der Waals surface area contributed by atoms with Crippen molar-refractivity contribution in [2.24, 2.45) is 17.3 Å². The topological polar surface area (TPSA) is 64.6 Å². The van der Waals surface area contributed by atoms with Crippen LogP contribution in [0.15, 0.2) is 18.2 Å². The van der Waals surface area contributed by atoms with Gasteiger partial charge in [0.1, 0.15) is 5.75 Å². The number of hydrogen-bond acceptors (Lipinski definition) is 4. The van der Waals surface area contributed by atoms with E-state index in [1.165, 1.54) is 13.5 Å². The zero-order valence-corrected chi connectivity index (χ0v) is 18.4. The largest absolute Gasteiger partial charge is 0.495 e. The van der Waals surface area contributed by atoms with Crippen molar-refractivity contribution in [3.8, 4) is 5.75 Å². The van der Waals surface area contributed by atoms with Crippen LogP contribution in [-0.4, -0.2) is 29.4 Å². The number of ether oxygens (including phenoxy) is 2. The molecule has 4 aliphatic rings. The predicted octanol–water partition coefficient (Wildman–Crippen LogP) is 4.95. The van der Waals surface area contributed by atoms with Gasteiger partial charge in [0.25, 0.3) is 5.91 Å². The molecule has 152 valence electrons. The molecule has 0 unspecified atom stereocenters. The van der Waals surface area contributed by atoms with Gasteiger partial charge in [-0.3, -0.25) is 9.59 Å². The molecule has 0 heterocycles. The van der Waals surface area contributed by atoms with E-state index in [1.54, 1.807) is 25.1 Å². The van der Waals surface area contributed by atoms with Crippen LogP contribution in [0.2, 0.25) is 5.02 Å². The maximum atomic E-state index is 13.1. The van der Waals surface area contributed by atoms with E-state index in [1.807, 2.05) is 0 Å². The summed E-state index contributed by atoms with van der Waals surface area (Å²) in [6.07, 6.45) is 5.18. The van der Waals surface area contributed by atoms with E-state index in [4.69, 9.17) is 21.1 Å². The number of alkyl halides is 1. The number of amides is 1. The third kappa shape index (κ3) is 3.65. The van der Waals surface area contributed by atoms with E-state index in [0.717, 1.165) is 32.1 Å². The Morgan fingerprint density at radius 1 is 1.25 bits per heavy atom. The minimum absolute atomic E-state index is 0.0652. The van der Waals surface area contributed by atoms with Gasteiger partial charge in [-0.25, -0.2) is 0 Å². The van der Waals surface area contributed by atoms with Gasteiger partial charge < -0.3 is 14.8 Å². The summed E-state index contributed by atoms with van der Waals surface area (Å²) in [5.41, 5.74) is 0.00712. The van der Waals surface area contributed by atoms with Crippen LogP contribution < -0.4 is 10.1 Å². The van der Waals surface area contributed by atoms with Crippen LogP contribution in [0, 0.1) is 17.3 Å². The molecule has 4 aliphatic carbocycles. The zero-order chi connectivity index (χ0) is 20.1. The normalized spacial score (nSPS) is 34.0. The van der Waals surface area contributed by atoms with Crippen molar-refractivity contribution in [2.75, 3.05) is 12.4 Å². The number of methoxy groups -OCH3 is 1. The monoisotopic (exact) mass is 469 g/mol. The summed E-state index contributed by atoms with van der Waals surface area (Å²) in [7, 11) is 1.52. The highest BCUT2D eigenvalue weighted by Crippen LogP contribution is 2.64. The molecule has 4 fully saturated rings. The number of carbonyl (C=O) groups excluding carboxylic acids is 2. The van der Waals surface area contributed by atoms with Crippen LogP contribution in [0.5, 0.6) is 5.75 Å². The van der Waals surface area contributed by atoms with Gasteiger partial charge in [-0.2, -0.15) is 0 Å². The molecule has 5 nitrogen and oxygen atoms in total. The fraction of sp³-hybridized carbons (Fsp3) is 0.619. The first kappa shape index (κ1) is 20.0. The SMILES string of the molecule is COc1ccc(Cl)cc1NC(=O)[C@H](C)OC(=O)C12C[C@H]3C[C@@H](CC(Br)(C3)C1)C2. The number of benzene rings is 1. The van der Waals surface area contributed by atoms with Crippen LogP contribution >= 0.6 is 27.5 Å². The summed E-state index contributed by atoms with van der Waals surface area (Å²) in [5, 5.41) is 3.24. The summed E-state index contributed by atoms with van der Waals surface area (Å²) in [5.74, 6) is 1.03. The first-order chi connectivity index (χ1) is 13.2. The number of rotatable bonds is 5. The van der Waals surface area contributed by atoms with Crippen molar-refractivity contribution >= 4 is 45.1 Å². The average molecular weight is 471 g/mol. The summed E-state index contributed by atoms with van der Waals surface area (Å²) < 4.78 is 11.0. The molecule has 0 aliphatic heterocycles. The van der Waals surface area contributed by atoms with Crippen LogP contribution in [0.25, 0.3) is 0 Å². The first-order valence-corrected chi connectivity index (χ1v) is 10.9. The van der Waals surface area contributed by atoms with E-state index in [0.29, 0.717) is 28.3 Å². The molecule has 0 radical (unpaired) electrons. The molecular formula is C21H25BrClNO4. The lowest BCUT2D eigenvalue weighted by Gasteiger charge is -2.58. The summed E-state index contributed by atoms with van der Waals surface area (Å²) in [6, 6.07) is 4.97. The number of anilines is 1. The maximum Gasteiger partial charge on any atom is 0.312 e. The second kappa shape index (κ2) is 7.21. The summed E-state index contributed by atoms with van der Waals surface area (Å²) >= 11 is 9.92. The highest BCUT2D eigenvalue weighted by atomic mass is 79.9. The molecule has 1 amide bonds. The minimum Gasteiger partial charge on any atom is -0.495 e. The molecule has 28 heavy (non-hydrogen) atoms. The van der Waals surface area contributed by atoms with Gasteiger partial charge in [-0.1, -0.05) is 27.5 Å². The Morgan fingerprint density at radius 2 is 1.93 bits per heavy atom. The van der Waals surface area contributed by atoms with E-state index in [-0.39, 0.29) is 10.3 Å². The van der Waals surface area contributed by atoms with Crippen LogP contribution in [0.1, 0.15) is 45.4 Å². The van der Waals surface area contributed by atoms with E-state index in [9.17, 15) is 9.59 Å². The van der Waals surface area contributed by atoms with Gasteiger partial charge in [-0.05, 0) is 75.5 Å². The molecule has 5 rings (SSSR count). The quantitative estimate of drug-likeness (QED) is 0.488. The minimum atomic E-state index is -0.893. The third-order valence-corrected chi connectivity index (χ3v) is 7.66.